The summed E-state index contributed by atoms with van der Waals surface area (Å²) in [5.74, 6) is -0.589. The number of hydrogen-bond donors (Lipinski definition) is 1. The molecule has 0 amide bonds. The summed E-state index contributed by atoms with van der Waals surface area (Å²) in [6, 6.07) is 0. The number of carboxylic acid groups (broad SMARTS) is 1. The Kier molecular flexibility index (Phi) is 4.27. The van der Waals surface area contributed by atoms with Gasteiger partial charge in [-0.25, -0.2) is 4.79 Å². The summed E-state index contributed by atoms with van der Waals surface area (Å²) >= 11 is 0. The van der Waals surface area contributed by atoms with E-state index in [4.69, 9.17) is 5.11 Å². The zero-order chi connectivity index (χ0) is 8.85. The van der Waals surface area contributed by atoms with Gasteiger partial charge in [-0.15, -0.1) is 0 Å². The second-order valence-corrected chi connectivity index (χ2v) is 2.67. The van der Waals surface area contributed by atoms with Crippen molar-refractivity contribution in [1.82, 2.24) is 0 Å². The van der Waals surface area contributed by atoms with Crippen molar-refractivity contribution in [3.05, 3.63) is 23.8 Å². The van der Waals surface area contributed by atoms with Gasteiger partial charge in [0.2, 0.25) is 0 Å². The van der Waals surface area contributed by atoms with Gasteiger partial charge in [-0.05, 0) is 12.8 Å². The third-order valence-electron chi connectivity index (χ3n) is 1.11. The molecule has 2 nitrogen and oxygen atoms in total. The molecule has 0 radical (unpaired) electrons. The summed E-state index contributed by atoms with van der Waals surface area (Å²) in [6.07, 6.45) is 5.05. The van der Waals surface area contributed by atoms with Crippen molar-refractivity contribution in [1.29, 1.82) is 0 Å². The zero-order valence-corrected chi connectivity index (χ0v) is 7.16. The van der Waals surface area contributed by atoms with Gasteiger partial charge in [-0.2, -0.15) is 0 Å². The van der Waals surface area contributed by atoms with Crippen LogP contribution in [0.1, 0.15) is 20.8 Å². The summed E-state index contributed by atoms with van der Waals surface area (Å²) in [5.41, 5.74) is 0.363. The predicted octanol–water partition coefficient (Wildman–Crippen LogP) is 2.23. The van der Waals surface area contributed by atoms with Crippen LogP contribution in [0.5, 0.6) is 0 Å². The number of carbonyl (C=O) groups is 1. The van der Waals surface area contributed by atoms with Gasteiger partial charge in [0.05, 0.1) is 5.57 Å². The molecule has 0 unspecified atom stereocenters. The minimum absolute atomic E-state index is 0.275. The summed E-state index contributed by atoms with van der Waals surface area (Å²) in [4.78, 5) is 10.5. The molecule has 0 fully saturated rings. The second kappa shape index (κ2) is 4.72. The van der Waals surface area contributed by atoms with Gasteiger partial charge in [0.15, 0.2) is 0 Å². The molecule has 2 heteroatoms. The molecule has 0 aliphatic heterocycles. The molecule has 0 aliphatic carbocycles. The van der Waals surface area contributed by atoms with Crippen LogP contribution in [0, 0.1) is 5.92 Å². The Morgan fingerprint density at radius 2 is 2.00 bits per heavy atom. The fourth-order valence-corrected chi connectivity index (χ4v) is 0.737. The molecule has 0 heterocycles. The second-order valence-electron chi connectivity index (χ2n) is 2.67. The number of allylic oxidation sites excluding steroid dienone is 2. The quantitative estimate of drug-likeness (QED) is 0.500. The Morgan fingerprint density at radius 1 is 1.45 bits per heavy atom. The van der Waals surface area contributed by atoms with Crippen molar-refractivity contribution in [2.75, 3.05) is 0 Å². The summed E-state index contributed by atoms with van der Waals surface area (Å²) < 4.78 is 0. The minimum atomic E-state index is -0.864. The minimum Gasteiger partial charge on any atom is -0.478 e. The maximum atomic E-state index is 10.5. The first kappa shape index (κ1) is 9.95. The van der Waals surface area contributed by atoms with Gasteiger partial charge in [0.1, 0.15) is 0 Å². The van der Waals surface area contributed by atoms with Crippen molar-refractivity contribution in [3.63, 3.8) is 0 Å². The van der Waals surface area contributed by atoms with E-state index in [1.807, 2.05) is 13.8 Å². The number of rotatable bonds is 3. The van der Waals surface area contributed by atoms with E-state index in [2.05, 4.69) is 0 Å². The molecule has 1 N–H and O–H groups in total. The summed E-state index contributed by atoms with van der Waals surface area (Å²) in [7, 11) is 0. The number of carboxylic acids is 1. The lowest BCUT2D eigenvalue weighted by Crippen LogP contribution is -1.99. The summed E-state index contributed by atoms with van der Waals surface area (Å²) in [6.45, 7) is 5.70. The first-order valence-corrected chi connectivity index (χ1v) is 3.65. The molecular weight excluding hydrogens is 140 g/mol. The van der Waals surface area contributed by atoms with Crippen LogP contribution < -0.4 is 0 Å². The molecule has 11 heavy (non-hydrogen) atoms. The van der Waals surface area contributed by atoms with Gasteiger partial charge in [-0.1, -0.05) is 32.1 Å². The molecule has 0 bridgehead atoms. The molecule has 0 aromatic rings. The Balaban J connectivity index is 4.46. The van der Waals surface area contributed by atoms with Crippen molar-refractivity contribution in [3.8, 4) is 0 Å². The fraction of sp³-hybridized carbons (Fsp3) is 0.444. The molecule has 62 valence electrons. The molecule has 0 saturated carbocycles. The topological polar surface area (TPSA) is 37.3 Å². The lowest BCUT2D eigenvalue weighted by Gasteiger charge is -1.97. The first-order valence-electron chi connectivity index (χ1n) is 3.65. The van der Waals surface area contributed by atoms with Crippen LogP contribution in [0.15, 0.2) is 23.8 Å². The first-order chi connectivity index (χ1) is 5.07. The highest BCUT2D eigenvalue weighted by atomic mass is 16.4. The van der Waals surface area contributed by atoms with E-state index in [1.54, 1.807) is 25.2 Å². The van der Waals surface area contributed by atoms with Crippen molar-refractivity contribution in [2.24, 2.45) is 5.92 Å². The van der Waals surface area contributed by atoms with Crippen LogP contribution >= 0.6 is 0 Å². The van der Waals surface area contributed by atoms with Crippen LogP contribution in [0.25, 0.3) is 0 Å². The maximum absolute atomic E-state index is 10.5. The maximum Gasteiger partial charge on any atom is 0.335 e. The largest absolute Gasteiger partial charge is 0.478 e. The van der Waals surface area contributed by atoms with Crippen molar-refractivity contribution < 1.29 is 9.90 Å². The van der Waals surface area contributed by atoms with Crippen molar-refractivity contribution in [2.45, 2.75) is 20.8 Å². The van der Waals surface area contributed by atoms with E-state index in [0.717, 1.165) is 0 Å². The Morgan fingerprint density at radius 3 is 2.27 bits per heavy atom. The highest BCUT2D eigenvalue weighted by molar-refractivity contribution is 5.89. The zero-order valence-electron chi connectivity index (χ0n) is 7.16. The highest BCUT2D eigenvalue weighted by Gasteiger charge is 2.02. The van der Waals surface area contributed by atoms with E-state index >= 15 is 0 Å². The van der Waals surface area contributed by atoms with Crippen LogP contribution in [0.2, 0.25) is 0 Å². The average Bonchev–Trinajstić information content (AvgIpc) is 1.86. The van der Waals surface area contributed by atoms with E-state index in [0.29, 0.717) is 5.57 Å². The normalized spacial score (nSPS) is 12.9. The molecule has 0 spiro atoms. The third kappa shape index (κ3) is 4.37. The Labute approximate surface area is 67.2 Å². The molecule has 0 atom stereocenters. The SMILES string of the molecule is CC=CC(=CC(C)C)C(=O)O. The molecular formula is C9H14O2. The molecule has 0 saturated heterocycles. The van der Waals surface area contributed by atoms with E-state index in [-0.39, 0.29) is 5.92 Å². The predicted molar refractivity (Wildman–Crippen MR) is 45.4 cm³/mol. The van der Waals surface area contributed by atoms with Crippen LogP contribution in [0.4, 0.5) is 0 Å². The molecule has 0 aromatic carbocycles. The monoisotopic (exact) mass is 154 g/mol. The molecule has 0 aromatic heterocycles. The number of hydrogen-bond acceptors (Lipinski definition) is 1. The highest BCUT2D eigenvalue weighted by Crippen LogP contribution is 2.03. The van der Waals surface area contributed by atoms with E-state index < -0.39 is 5.97 Å². The van der Waals surface area contributed by atoms with Crippen molar-refractivity contribution >= 4 is 5.97 Å². The lowest BCUT2D eigenvalue weighted by atomic mass is 10.1. The molecule has 0 aliphatic rings. The molecule has 0 rings (SSSR count). The Bertz CT molecular complexity index is 188. The van der Waals surface area contributed by atoms with Gasteiger partial charge < -0.3 is 5.11 Å². The lowest BCUT2D eigenvalue weighted by molar-refractivity contribution is -0.132. The average molecular weight is 154 g/mol. The van der Waals surface area contributed by atoms with Crippen LogP contribution in [0.3, 0.4) is 0 Å². The van der Waals surface area contributed by atoms with Gasteiger partial charge in [0, 0.05) is 0 Å². The fourth-order valence-electron chi connectivity index (χ4n) is 0.737. The van der Waals surface area contributed by atoms with E-state index in [1.165, 1.54) is 0 Å². The van der Waals surface area contributed by atoms with Crippen LogP contribution in [-0.4, -0.2) is 11.1 Å². The number of aliphatic carboxylic acids is 1. The Hall–Kier alpha value is -1.05. The smallest absolute Gasteiger partial charge is 0.335 e. The standard InChI is InChI=1S/C9H14O2/c1-4-5-8(9(10)11)6-7(2)3/h4-7H,1-3H3,(H,10,11). The summed E-state index contributed by atoms with van der Waals surface area (Å²) in [5, 5.41) is 8.63. The van der Waals surface area contributed by atoms with Crippen LogP contribution in [-0.2, 0) is 4.79 Å². The third-order valence-corrected chi connectivity index (χ3v) is 1.11. The van der Waals surface area contributed by atoms with Gasteiger partial charge >= 0.3 is 5.97 Å². The van der Waals surface area contributed by atoms with Gasteiger partial charge in [-0.3, -0.25) is 0 Å². The van der Waals surface area contributed by atoms with E-state index in [9.17, 15) is 4.79 Å². The van der Waals surface area contributed by atoms with Gasteiger partial charge in [0.25, 0.3) is 0 Å².